The maximum atomic E-state index is 10.9. The largest absolute Gasteiger partial charge is 0.490 e. The van der Waals surface area contributed by atoms with Gasteiger partial charge >= 0.3 is 13.3 Å². The second-order valence-electron chi connectivity index (χ2n) is 3.34. The van der Waals surface area contributed by atoms with Crippen LogP contribution < -0.4 is 4.74 Å². The minimum Gasteiger partial charge on any atom is -0.490 e. The van der Waals surface area contributed by atoms with Gasteiger partial charge in [-0.2, -0.15) is 0 Å². The zero-order valence-electron chi connectivity index (χ0n) is 9.32. The molecule has 7 nitrogen and oxygen atoms in total. The molecule has 0 saturated heterocycles. The molecule has 0 radical (unpaired) electrons. The van der Waals surface area contributed by atoms with Crippen molar-refractivity contribution in [3.63, 3.8) is 0 Å². The van der Waals surface area contributed by atoms with Crippen molar-refractivity contribution >= 4 is 13.3 Å². The van der Waals surface area contributed by atoms with Gasteiger partial charge in [0.1, 0.15) is 0 Å². The summed E-state index contributed by atoms with van der Waals surface area (Å²) in [5.74, 6) is 0.0833. The molecular weight excluding hydrogens is 249 g/mol. The van der Waals surface area contributed by atoms with Crippen molar-refractivity contribution in [3.05, 3.63) is 33.9 Å². The molecule has 1 unspecified atom stereocenters. The summed E-state index contributed by atoms with van der Waals surface area (Å²) in [6.45, 7) is 0.953. The number of nitrogens with zero attached hydrogens (tertiary/aromatic N) is 1. The van der Waals surface area contributed by atoms with Gasteiger partial charge in [-0.05, 0) is 17.7 Å². The predicted molar refractivity (Wildman–Crippen MR) is 60.2 cm³/mol. The van der Waals surface area contributed by atoms with Gasteiger partial charge in [-0.1, -0.05) is 0 Å². The summed E-state index contributed by atoms with van der Waals surface area (Å²) >= 11 is 0. The fourth-order valence-electron chi connectivity index (χ4n) is 1.16. The fraction of sp³-hybridized carbons (Fsp3) is 0.333. The Morgan fingerprint density at radius 3 is 2.65 bits per heavy atom. The summed E-state index contributed by atoms with van der Waals surface area (Å²) in [6.07, 6.45) is 0. The van der Waals surface area contributed by atoms with E-state index < -0.39 is 12.5 Å². The van der Waals surface area contributed by atoms with Crippen molar-refractivity contribution in [2.24, 2.45) is 0 Å². The number of benzene rings is 1. The summed E-state index contributed by atoms with van der Waals surface area (Å²) in [5, 5.41) is 10.6. The van der Waals surface area contributed by atoms with Gasteiger partial charge in [0.15, 0.2) is 5.75 Å². The van der Waals surface area contributed by atoms with E-state index in [0.717, 1.165) is 6.66 Å². The van der Waals surface area contributed by atoms with Crippen molar-refractivity contribution in [2.75, 3.05) is 13.8 Å². The molecule has 8 heteroatoms. The Morgan fingerprint density at radius 1 is 1.53 bits per heavy atom. The molecule has 0 amide bonds. The molecule has 0 spiro atoms. The quantitative estimate of drug-likeness (QED) is 0.494. The Balaban J connectivity index is 2.90. The minimum absolute atomic E-state index is 0.0833. The molecule has 0 fully saturated rings. The lowest BCUT2D eigenvalue weighted by atomic mass is 10.2. The van der Waals surface area contributed by atoms with Crippen LogP contribution in [0.2, 0.25) is 0 Å². The molecule has 0 saturated carbocycles. The Labute approximate surface area is 97.7 Å². The van der Waals surface area contributed by atoms with Crippen LogP contribution in [0.15, 0.2) is 18.2 Å². The Bertz CT molecular complexity index is 469. The molecule has 0 heterocycles. The van der Waals surface area contributed by atoms with Gasteiger partial charge < -0.3 is 14.2 Å². The second kappa shape index (κ2) is 5.27. The minimum atomic E-state index is -3.56. The summed E-state index contributed by atoms with van der Waals surface area (Å²) in [4.78, 5) is 19.0. The number of hydrogen-bond acceptors (Lipinski definition) is 5. The van der Waals surface area contributed by atoms with E-state index >= 15 is 0 Å². The number of nitro groups is 1. The first-order chi connectivity index (χ1) is 7.83. The lowest BCUT2D eigenvalue weighted by Crippen LogP contribution is -1.96. The molecule has 0 aliphatic heterocycles. The van der Waals surface area contributed by atoms with Crippen molar-refractivity contribution in [1.82, 2.24) is 0 Å². The zero-order valence-corrected chi connectivity index (χ0v) is 10.2. The number of ether oxygens (including phenoxy) is 1. The number of methoxy groups -OCH3 is 1. The molecule has 1 aromatic rings. The molecule has 0 aliphatic rings. The van der Waals surface area contributed by atoms with E-state index in [9.17, 15) is 14.7 Å². The molecular formula is C9H12NO6P. The van der Waals surface area contributed by atoms with Crippen molar-refractivity contribution in [2.45, 2.75) is 6.61 Å². The molecule has 0 aromatic heterocycles. The summed E-state index contributed by atoms with van der Waals surface area (Å²) in [6, 6.07) is 4.10. The number of rotatable bonds is 5. The lowest BCUT2D eigenvalue weighted by molar-refractivity contribution is -0.385. The average Bonchev–Trinajstić information content (AvgIpc) is 2.24. The van der Waals surface area contributed by atoms with Crippen LogP contribution in [0, 0.1) is 10.1 Å². The van der Waals surface area contributed by atoms with Gasteiger partial charge in [-0.25, -0.2) is 0 Å². The lowest BCUT2D eigenvalue weighted by Gasteiger charge is -2.08. The Hall–Kier alpha value is -1.43. The van der Waals surface area contributed by atoms with Gasteiger partial charge in [0, 0.05) is 12.7 Å². The Kier molecular flexibility index (Phi) is 4.22. The monoisotopic (exact) mass is 261 g/mol. The predicted octanol–water partition coefficient (Wildman–Crippen LogP) is 1.94. The molecule has 94 valence electrons. The van der Waals surface area contributed by atoms with Gasteiger partial charge in [-0.3, -0.25) is 14.7 Å². The molecule has 1 aromatic carbocycles. The average molecular weight is 261 g/mol. The number of hydrogen-bond donors (Lipinski definition) is 1. The summed E-state index contributed by atoms with van der Waals surface area (Å²) in [7, 11) is -2.25. The van der Waals surface area contributed by atoms with Gasteiger partial charge in [0.2, 0.25) is 0 Å². The fourth-order valence-corrected chi connectivity index (χ4v) is 1.55. The highest BCUT2D eigenvalue weighted by Crippen LogP contribution is 2.38. The van der Waals surface area contributed by atoms with Crippen molar-refractivity contribution in [1.29, 1.82) is 0 Å². The maximum Gasteiger partial charge on any atom is 0.325 e. The highest BCUT2D eigenvalue weighted by atomic mass is 31.2. The third-order valence-corrected chi connectivity index (χ3v) is 2.52. The second-order valence-corrected chi connectivity index (χ2v) is 5.20. The van der Waals surface area contributed by atoms with Crippen LogP contribution >= 0.6 is 7.60 Å². The topological polar surface area (TPSA) is 98.9 Å². The van der Waals surface area contributed by atoms with E-state index in [-0.39, 0.29) is 18.0 Å². The smallest absolute Gasteiger partial charge is 0.325 e. The Morgan fingerprint density at radius 2 is 2.18 bits per heavy atom. The van der Waals surface area contributed by atoms with Crippen LogP contribution in [-0.2, 0) is 15.7 Å². The third kappa shape index (κ3) is 4.14. The maximum absolute atomic E-state index is 10.9. The molecule has 1 rings (SSSR count). The van der Waals surface area contributed by atoms with Crippen LogP contribution in [0.1, 0.15) is 5.56 Å². The van der Waals surface area contributed by atoms with Crippen molar-refractivity contribution < 1.29 is 23.6 Å². The van der Waals surface area contributed by atoms with Crippen LogP contribution in [0.4, 0.5) is 5.69 Å². The van der Waals surface area contributed by atoms with E-state index in [0.29, 0.717) is 5.56 Å². The first-order valence-electron chi connectivity index (χ1n) is 4.59. The van der Waals surface area contributed by atoms with E-state index in [1.165, 1.54) is 25.3 Å². The standard InChI is InChI=1S/C9H12NO6P/c1-15-9-5-7(6-16-17(2,13)14)3-4-8(9)10(11)12/h3-5H,6H2,1-2H3,(H,13,14). The van der Waals surface area contributed by atoms with Crippen LogP contribution in [0.25, 0.3) is 0 Å². The van der Waals surface area contributed by atoms with Crippen molar-refractivity contribution in [3.8, 4) is 5.75 Å². The molecule has 17 heavy (non-hydrogen) atoms. The molecule has 1 atom stereocenters. The summed E-state index contributed by atoms with van der Waals surface area (Å²) < 4.78 is 20.5. The third-order valence-electron chi connectivity index (χ3n) is 1.91. The normalized spacial score (nSPS) is 14.1. The van der Waals surface area contributed by atoms with Crippen LogP contribution in [0.3, 0.4) is 0 Å². The highest BCUT2D eigenvalue weighted by molar-refractivity contribution is 7.51. The number of nitro benzene ring substituents is 1. The summed E-state index contributed by atoms with van der Waals surface area (Å²) in [5.41, 5.74) is 0.350. The van der Waals surface area contributed by atoms with E-state index in [1.54, 1.807) is 0 Å². The molecule has 0 aliphatic carbocycles. The SMILES string of the molecule is COc1cc(COP(C)(=O)O)ccc1[N+](=O)[O-]. The van der Waals surface area contributed by atoms with Gasteiger partial charge in [0.25, 0.3) is 0 Å². The first kappa shape index (κ1) is 13.6. The highest BCUT2D eigenvalue weighted by Gasteiger charge is 2.16. The molecule has 0 bridgehead atoms. The van der Waals surface area contributed by atoms with E-state index in [4.69, 9.17) is 14.2 Å². The van der Waals surface area contributed by atoms with E-state index in [1.807, 2.05) is 0 Å². The first-order valence-corrected chi connectivity index (χ1v) is 6.62. The van der Waals surface area contributed by atoms with E-state index in [2.05, 4.69) is 0 Å². The van der Waals surface area contributed by atoms with Gasteiger partial charge in [0.05, 0.1) is 18.6 Å². The molecule has 1 N–H and O–H groups in total. The zero-order chi connectivity index (χ0) is 13.1. The van der Waals surface area contributed by atoms with Gasteiger partial charge in [-0.15, -0.1) is 0 Å². The van der Waals surface area contributed by atoms with Crippen LogP contribution in [0.5, 0.6) is 5.75 Å². The van der Waals surface area contributed by atoms with Crippen LogP contribution in [-0.4, -0.2) is 23.6 Å².